The molecule has 1 heterocycles. The fraction of sp³-hybridized carbons (Fsp3) is 0.316. The molecule has 0 spiro atoms. The van der Waals surface area contributed by atoms with E-state index in [1.165, 1.54) is 11.1 Å². The number of nitrogens with zero attached hydrogens (tertiary/aromatic N) is 1. The zero-order chi connectivity index (χ0) is 31.4. The van der Waals surface area contributed by atoms with E-state index >= 15 is 0 Å². The molecular formula is C38H41NO6. The van der Waals surface area contributed by atoms with Crippen LogP contribution in [0, 0.1) is 0 Å². The van der Waals surface area contributed by atoms with Crippen molar-refractivity contribution in [2.75, 3.05) is 19.7 Å². The molecule has 4 aromatic rings. The predicted molar refractivity (Wildman–Crippen MR) is 174 cm³/mol. The van der Waals surface area contributed by atoms with Crippen molar-refractivity contribution in [3.63, 3.8) is 0 Å². The molecule has 2 N–H and O–H groups in total. The summed E-state index contributed by atoms with van der Waals surface area (Å²) in [6, 6.07) is 32.5. The van der Waals surface area contributed by atoms with Crippen LogP contribution in [-0.4, -0.2) is 46.7 Å². The summed E-state index contributed by atoms with van der Waals surface area (Å²) in [7, 11) is 0. The summed E-state index contributed by atoms with van der Waals surface area (Å²) in [5.41, 5.74) is 7.07. The van der Waals surface area contributed by atoms with Crippen LogP contribution >= 0.6 is 0 Å². The first-order valence-corrected chi connectivity index (χ1v) is 15.7. The van der Waals surface area contributed by atoms with Gasteiger partial charge in [0.25, 0.3) is 0 Å². The number of ether oxygens (including phenoxy) is 2. The maximum absolute atomic E-state index is 11.5. The summed E-state index contributed by atoms with van der Waals surface area (Å²) in [4.78, 5) is 25.0. The van der Waals surface area contributed by atoms with Crippen molar-refractivity contribution in [1.82, 2.24) is 4.90 Å². The quantitative estimate of drug-likeness (QED) is 0.131. The Balaban J connectivity index is 1.22. The van der Waals surface area contributed by atoms with Gasteiger partial charge in [0.2, 0.25) is 0 Å². The number of rotatable bonds is 16. The molecule has 1 atom stereocenters. The number of aromatic carboxylic acids is 1. The summed E-state index contributed by atoms with van der Waals surface area (Å²) in [5, 5.41) is 18.6. The number of carboxylic acid groups (broad SMARTS) is 2. The van der Waals surface area contributed by atoms with Crippen LogP contribution in [0.25, 0.3) is 0 Å². The Morgan fingerprint density at radius 1 is 0.778 bits per heavy atom. The number of aliphatic carboxylic acids is 1. The van der Waals surface area contributed by atoms with Crippen LogP contribution in [0.2, 0.25) is 0 Å². The molecule has 7 nitrogen and oxygen atoms in total. The Labute approximate surface area is 265 Å². The predicted octanol–water partition coefficient (Wildman–Crippen LogP) is 7.12. The van der Waals surface area contributed by atoms with E-state index in [1.807, 2.05) is 30.3 Å². The van der Waals surface area contributed by atoms with Gasteiger partial charge in [0.05, 0.1) is 24.8 Å². The summed E-state index contributed by atoms with van der Waals surface area (Å²) in [6.07, 6.45) is 4.23. The van der Waals surface area contributed by atoms with Crippen LogP contribution < -0.4 is 4.74 Å². The van der Waals surface area contributed by atoms with E-state index in [2.05, 4.69) is 59.5 Å². The first-order valence-electron chi connectivity index (χ1n) is 15.7. The average Bonchev–Trinajstić information content (AvgIpc) is 3.07. The molecule has 0 aromatic heterocycles. The number of fused-ring (bicyclic) bond motifs is 1. The molecule has 0 saturated heterocycles. The van der Waals surface area contributed by atoms with E-state index in [0.717, 1.165) is 60.2 Å². The number of carbonyl (C=O) groups is 2. The molecule has 4 aromatic carbocycles. The minimum Gasteiger partial charge on any atom is -0.489 e. The molecule has 0 amide bonds. The van der Waals surface area contributed by atoms with Gasteiger partial charge in [-0.2, -0.15) is 0 Å². The third-order valence-electron chi connectivity index (χ3n) is 8.41. The summed E-state index contributed by atoms with van der Waals surface area (Å²) >= 11 is 0. The van der Waals surface area contributed by atoms with Crippen molar-refractivity contribution in [3.05, 3.63) is 136 Å². The number of benzene rings is 4. The van der Waals surface area contributed by atoms with Gasteiger partial charge >= 0.3 is 11.9 Å². The lowest BCUT2D eigenvalue weighted by Crippen LogP contribution is -2.37. The second kappa shape index (κ2) is 16.0. The van der Waals surface area contributed by atoms with Crippen molar-refractivity contribution in [1.29, 1.82) is 0 Å². The minimum absolute atomic E-state index is 0.0464. The van der Waals surface area contributed by atoms with Crippen molar-refractivity contribution >= 4 is 11.9 Å². The average molecular weight is 608 g/mol. The Morgan fingerprint density at radius 2 is 1.49 bits per heavy atom. The highest BCUT2D eigenvalue weighted by Crippen LogP contribution is 2.32. The number of unbranched alkanes of at least 4 members (excludes halogenated alkanes) is 1. The standard InChI is InChI=1S/C38H41NO6/c40-37(41)12-6-7-22-39(35-27-44-26-33-24-32(38(42)43)19-20-34(33)35)23-21-31-10-4-5-11-36(31)45-25-30-17-15-29(16-18-30)14-13-28-8-2-1-3-9-28/h1-5,8-11,15-20,24,35H,6-7,12-14,21-23,25-27H2,(H,40,41)(H,42,43). The highest BCUT2D eigenvalue weighted by Gasteiger charge is 2.27. The summed E-state index contributed by atoms with van der Waals surface area (Å²) in [6.45, 7) is 2.78. The normalized spacial score (nSPS) is 14.2. The third-order valence-corrected chi connectivity index (χ3v) is 8.41. The molecule has 234 valence electrons. The molecular weight excluding hydrogens is 566 g/mol. The third kappa shape index (κ3) is 9.27. The van der Waals surface area contributed by atoms with E-state index in [1.54, 1.807) is 12.1 Å². The highest BCUT2D eigenvalue weighted by molar-refractivity contribution is 5.88. The van der Waals surface area contributed by atoms with Crippen molar-refractivity contribution in [2.24, 2.45) is 0 Å². The fourth-order valence-corrected chi connectivity index (χ4v) is 5.89. The Kier molecular flexibility index (Phi) is 11.4. The van der Waals surface area contributed by atoms with Crippen molar-refractivity contribution in [3.8, 4) is 5.75 Å². The zero-order valence-electron chi connectivity index (χ0n) is 25.6. The van der Waals surface area contributed by atoms with Crippen molar-refractivity contribution < 1.29 is 29.3 Å². The number of hydrogen-bond donors (Lipinski definition) is 2. The molecule has 0 saturated carbocycles. The van der Waals surface area contributed by atoms with E-state index in [-0.39, 0.29) is 18.0 Å². The van der Waals surface area contributed by atoms with Crippen molar-refractivity contribution in [2.45, 2.75) is 57.8 Å². The molecule has 0 fully saturated rings. The minimum atomic E-state index is -0.957. The largest absolute Gasteiger partial charge is 0.489 e. The SMILES string of the molecule is O=C(O)CCCCN(CCc1ccccc1OCc1ccc(CCc2ccccc2)cc1)C1COCc2cc(C(=O)O)ccc21. The van der Waals surface area contributed by atoms with Gasteiger partial charge in [0, 0.05) is 13.0 Å². The first-order chi connectivity index (χ1) is 22.0. The molecule has 5 rings (SSSR count). The second-order valence-electron chi connectivity index (χ2n) is 11.6. The molecule has 7 heteroatoms. The number of para-hydroxylation sites is 1. The molecule has 1 aliphatic heterocycles. The molecule has 0 aliphatic carbocycles. The van der Waals surface area contributed by atoms with E-state index in [0.29, 0.717) is 32.8 Å². The van der Waals surface area contributed by atoms with Gasteiger partial charge in [0.1, 0.15) is 12.4 Å². The highest BCUT2D eigenvalue weighted by atomic mass is 16.5. The maximum Gasteiger partial charge on any atom is 0.335 e. The van der Waals surface area contributed by atoms with E-state index in [4.69, 9.17) is 14.6 Å². The monoisotopic (exact) mass is 607 g/mol. The maximum atomic E-state index is 11.5. The summed E-state index contributed by atoms with van der Waals surface area (Å²) in [5.74, 6) is -0.897. The van der Waals surface area contributed by atoms with Crippen LogP contribution in [0.15, 0.2) is 97.1 Å². The first kappa shape index (κ1) is 31.9. The van der Waals surface area contributed by atoms with Crippen LogP contribution in [0.3, 0.4) is 0 Å². The Bertz CT molecular complexity index is 1550. The molecule has 0 radical (unpaired) electrons. The van der Waals surface area contributed by atoms with Gasteiger partial charge in [-0.25, -0.2) is 4.79 Å². The van der Waals surface area contributed by atoms with Crippen LogP contribution in [0.5, 0.6) is 5.75 Å². The van der Waals surface area contributed by atoms with Gasteiger partial charge in [-0.1, -0.05) is 78.9 Å². The van der Waals surface area contributed by atoms with Gasteiger partial charge < -0.3 is 19.7 Å². The Hall–Kier alpha value is -4.46. The fourth-order valence-electron chi connectivity index (χ4n) is 5.89. The van der Waals surface area contributed by atoms with Gasteiger partial charge in [-0.3, -0.25) is 9.69 Å². The Morgan fingerprint density at radius 3 is 2.24 bits per heavy atom. The number of hydrogen-bond acceptors (Lipinski definition) is 5. The number of aryl methyl sites for hydroxylation is 2. The lowest BCUT2D eigenvalue weighted by molar-refractivity contribution is -0.137. The zero-order valence-corrected chi connectivity index (χ0v) is 25.6. The summed E-state index contributed by atoms with van der Waals surface area (Å²) < 4.78 is 12.2. The number of carboxylic acids is 2. The lowest BCUT2D eigenvalue weighted by Gasteiger charge is -2.36. The topological polar surface area (TPSA) is 96.3 Å². The molecule has 1 unspecified atom stereocenters. The molecule has 0 bridgehead atoms. The second-order valence-corrected chi connectivity index (χ2v) is 11.6. The van der Waals surface area contributed by atoms with Gasteiger partial charge in [0.15, 0.2) is 0 Å². The molecule has 45 heavy (non-hydrogen) atoms. The van der Waals surface area contributed by atoms with Crippen LogP contribution in [0.1, 0.15) is 69.0 Å². The van der Waals surface area contributed by atoms with E-state index in [9.17, 15) is 14.7 Å². The lowest BCUT2D eigenvalue weighted by atomic mass is 9.95. The van der Waals surface area contributed by atoms with Gasteiger partial charge in [-0.05, 0) is 90.2 Å². The van der Waals surface area contributed by atoms with Crippen LogP contribution in [-0.2, 0) is 42.0 Å². The molecule has 1 aliphatic rings. The smallest absolute Gasteiger partial charge is 0.335 e. The van der Waals surface area contributed by atoms with E-state index < -0.39 is 11.9 Å². The van der Waals surface area contributed by atoms with Gasteiger partial charge in [-0.15, -0.1) is 0 Å². The van der Waals surface area contributed by atoms with Crippen LogP contribution in [0.4, 0.5) is 0 Å².